The van der Waals surface area contributed by atoms with E-state index in [0.29, 0.717) is 31.6 Å². The number of amides is 2. The van der Waals surface area contributed by atoms with E-state index in [-0.39, 0.29) is 45.4 Å². The Balaban J connectivity index is 1.47. The number of nitrogens with one attached hydrogen (secondary N) is 1. The van der Waals surface area contributed by atoms with Gasteiger partial charge in [0.15, 0.2) is 0 Å². The summed E-state index contributed by atoms with van der Waals surface area (Å²) < 4.78 is 26.3. The fraction of sp³-hybridized carbons (Fsp3) is 0.652. The third-order valence-corrected chi connectivity index (χ3v) is 10.2. The van der Waals surface area contributed by atoms with Gasteiger partial charge in [0.1, 0.15) is 5.54 Å². The number of anilines is 1. The predicted octanol–water partition coefficient (Wildman–Crippen LogP) is 3.44. The normalized spacial score (nSPS) is 33.9. The van der Waals surface area contributed by atoms with Crippen LogP contribution in [0.15, 0.2) is 18.2 Å². The fourth-order valence-electron chi connectivity index (χ4n) is 7.49. The van der Waals surface area contributed by atoms with Crippen molar-refractivity contribution in [3.05, 3.63) is 28.2 Å². The molecule has 5 fully saturated rings. The number of primary amides is 1. The van der Waals surface area contributed by atoms with Crippen LogP contribution in [-0.4, -0.2) is 31.8 Å². The van der Waals surface area contributed by atoms with Crippen LogP contribution in [0.3, 0.4) is 0 Å². The maximum atomic E-state index is 13.9. The molecule has 5 aliphatic carbocycles. The Labute approximate surface area is 205 Å². The first-order valence-electron chi connectivity index (χ1n) is 11.7. The second-order valence-electron chi connectivity index (χ2n) is 10.5. The van der Waals surface area contributed by atoms with Crippen LogP contribution in [0.2, 0.25) is 10.0 Å². The van der Waals surface area contributed by atoms with E-state index in [9.17, 15) is 18.0 Å². The maximum Gasteiger partial charge on any atom is 0.247 e. The summed E-state index contributed by atoms with van der Waals surface area (Å²) in [6.45, 7) is 0. The molecule has 4 bridgehead atoms. The number of nitrogens with zero attached hydrogens (tertiary/aromatic N) is 1. The van der Waals surface area contributed by atoms with E-state index in [1.807, 2.05) is 0 Å². The van der Waals surface area contributed by atoms with Crippen molar-refractivity contribution in [3.8, 4) is 0 Å². The van der Waals surface area contributed by atoms with E-state index < -0.39 is 21.8 Å². The van der Waals surface area contributed by atoms with Crippen LogP contribution in [0.4, 0.5) is 5.69 Å². The minimum absolute atomic E-state index is 0.0768. The highest BCUT2D eigenvalue weighted by Crippen LogP contribution is 2.60. The lowest BCUT2D eigenvalue weighted by Crippen LogP contribution is -2.66. The molecule has 33 heavy (non-hydrogen) atoms. The van der Waals surface area contributed by atoms with Gasteiger partial charge < -0.3 is 11.1 Å². The molecule has 1 aromatic rings. The number of hydrogen-bond acceptors (Lipinski definition) is 4. The molecule has 2 atom stereocenters. The number of nitrogens with two attached hydrogens (primary N) is 1. The summed E-state index contributed by atoms with van der Waals surface area (Å²) in [7, 11) is -3.17. The summed E-state index contributed by atoms with van der Waals surface area (Å²) in [5, 5.41) is 3.65. The average molecular weight is 514 g/mol. The molecule has 180 valence electrons. The molecule has 0 aliphatic heterocycles. The number of benzene rings is 1. The second-order valence-corrected chi connectivity index (χ2v) is 12.2. The third-order valence-electron chi connectivity index (χ3n) is 8.67. The number of thiol groups is 1. The SMILES string of the molecule is NC(=O)C12CC3CC(C1)C(NC(=O)C1(N(c4c(Cl)cccc4Cl)[SH](=O)=O)CCCC1)C(C3)C2. The van der Waals surface area contributed by atoms with Gasteiger partial charge in [0.05, 0.1) is 15.7 Å². The highest BCUT2D eigenvalue weighted by molar-refractivity contribution is 7.74. The first-order valence-corrected chi connectivity index (χ1v) is 13.5. The summed E-state index contributed by atoms with van der Waals surface area (Å²) >= 11 is 12.8. The molecule has 0 heterocycles. The van der Waals surface area contributed by atoms with Crippen molar-refractivity contribution in [1.82, 2.24) is 5.32 Å². The second kappa shape index (κ2) is 8.31. The molecule has 0 radical (unpaired) electrons. The van der Waals surface area contributed by atoms with Gasteiger partial charge in [-0.15, -0.1) is 0 Å². The minimum atomic E-state index is -3.17. The van der Waals surface area contributed by atoms with Crippen molar-refractivity contribution in [2.24, 2.45) is 28.9 Å². The van der Waals surface area contributed by atoms with Crippen LogP contribution in [-0.2, 0) is 20.5 Å². The molecule has 10 heteroatoms. The van der Waals surface area contributed by atoms with E-state index in [1.54, 1.807) is 18.2 Å². The monoisotopic (exact) mass is 513 g/mol. The van der Waals surface area contributed by atoms with Crippen molar-refractivity contribution in [2.45, 2.75) is 69.4 Å². The smallest absolute Gasteiger partial charge is 0.247 e. The van der Waals surface area contributed by atoms with Gasteiger partial charge in [0, 0.05) is 11.5 Å². The number of hydrogen-bond donors (Lipinski definition) is 3. The number of carbonyl (C=O) groups excluding carboxylic acids is 2. The first-order chi connectivity index (χ1) is 15.7. The van der Waals surface area contributed by atoms with Crippen molar-refractivity contribution in [3.63, 3.8) is 0 Å². The van der Waals surface area contributed by atoms with E-state index in [1.165, 1.54) is 0 Å². The van der Waals surface area contributed by atoms with Gasteiger partial charge in [-0.1, -0.05) is 42.1 Å². The number of rotatable bonds is 6. The molecule has 2 unspecified atom stereocenters. The lowest BCUT2D eigenvalue weighted by molar-refractivity contribution is -0.148. The summed E-state index contributed by atoms with van der Waals surface area (Å²) in [4.78, 5) is 26.2. The third kappa shape index (κ3) is 3.64. The van der Waals surface area contributed by atoms with Gasteiger partial charge in [-0.2, -0.15) is 0 Å². The Hall–Kier alpha value is -1.51. The molecule has 1 aromatic carbocycles. The van der Waals surface area contributed by atoms with Crippen LogP contribution in [0, 0.1) is 23.2 Å². The Kier molecular flexibility index (Phi) is 5.85. The van der Waals surface area contributed by atoms with Crippen LogP contribution in [0.1, 0.15) is 57.8 Å². The Morgan fingerprint density at radius 1 is 1.03 bits per heavy atom. The Morgan fingerprint density at radius 2 is 1.61 bits per heavy atom. The van der Waals surface area contributed by atoms with Crippen LogP contribution in [0.5, 0.6) is 0 Å². The molecular weight excluding hydrogens is 485 g/mol. The molecule has 0 spiro atoms. The van der Waals surface area contributed by atoms with E-state index >= 15 is 0 Å². The Morgan fingerprint density at radius 3 is 2.12 bits per heavy atom. The van der Waals surface area contributed by atoms with Gasteiger partial charge in [-0.25, -0.2) is 8.42 Å². The van der Waals surface area contributed by atoms with E-state index in [4.69, 9.17) is 28.9 Å². The van der Waals surface area contributed by atoms with Gasteiger partial charge >= 0.3 is 0 Å². The largest absolute Gasteiger partial charge is 0.369 e. The zero-order valence-corrected chi connectivity index (χ0v) is 20.7. The number of halogens is 2. The molecule has 6 rings (SSSR count). The van der Waals surface area contributed by atoms with Crippen molar-refractivity contribution in [1.29, 1.82) is 0 Å². The van der Waals surface area contributed by atoms with Gasteiger partial charge in [-0.3, -0.25) is 13.9 Å². The molecule has 0 saturated heterocycles. The van der Waals surface area contributed by atoms with E-state index in [0.717, 1.165) is 36.4 Å². The van der Waals surface area contributed by atoms with Gasteiger partial charge in [0.25, 0.3) is 0 Å². The molecule has 0 aromatic heterocycles. The molecule has 2 amide bonds. The standard InChI is InChI=1S/C23H29Cl2N3O4S/c24-16-4-3-5-17(25)19(16)28(33(31)32)23(6-1-2-7-23)21(30)27-18-14-8-13-9-15(18)12-22(10-13,11-14)20(26)29/h3-5,13-15,18,33H,1-2,6-12H2,(H2,26,29)(H,27,30). The lowest BCUT2D eigenvalue weighted by Gasteiger charge is -2.59. The maximum absolute atomic E-state index is 13.9. The highest BCUT2D eigenvalue weighted by atomic mass is 35.5. The number of carbonyl (C=O) groups is 2. The minimum Gasteiger partial charge on any atom is -0.369 e. The van der Waals surface area contributed by atoms with Crippen LogP contribution < -0.4 is 15.4 Å². The van der Waals surface area contributed by atoms with Gasteiger partial charge in [-0.05, 0) is 74.8 Å². The number of para-hydroxylation sites is 1. The lowest BCUT2D eigenvalue weighted by atomic mass is 9.47. The van der Waals surface area contributed by atoms with Crippen LogP contribution in [0.25, 0.3) is 0 Å². The molecular formula is C23H29Cl2N3O4S. The van der Waals surface area contributed by atoms with E-state index in [2.05, 4.69) is 5.32 Å². The van der Waals surface area contributed by atoms with Gasteiger partial charge in [0.2, 0.25) is 22.7 Å². The fourth-order valence-corrected chi connectivity index (χ4v) is 9.15. The van der Waals surface area contributed by atoms with Crippen molar-refractivity contribution in [2.75, 3.05) is 4.31 Å². The zero-order chi connectivity index (χ0) is 23.5. The molecule has 5 aliphatic rings. The zero-order valence-electron chi connectivity index (χ0n) is 18.3. The summed E-state index contributed by atoms with van der Waals surface area (Å²) in [6.07, 6.45) is 6.47. The van der Waals surface area contributed by atoms with Crippen LogP contribution >= 0.6 is 23.2 Å². The molecule has 5 saturated carbocycles. The first kappa shape index (κ1) is 23.2. The average Bonchev–Trinajstić information content (AvgIpc) is 3.23. The quantitative estimate of drug-likeness (QED) is 0.506. The molecule has 3 N–H and O–H groups in total. The summed E-state index contributed by atoms with van der Waals surface area (Å²) in [5.41, 5.74) is 4.25. The topological polar surface area (TPSA) is 110 Å². The predicted molar refractivity (Wildman–Crippen MR) is 128 cm³/mol. The van der Waals surface area contributed by atoms with Crippen molar-refractivity contribution < 1.29 is 18.0 Å². The highest BCUT2D eigenvalue weighted by Gasteiger charge is 2.59. The summed E-state index contributed by atoms with van der Waals surface area (Å²) in [6, 6.07) is 4.73. The summed E-state index contributed by atoms with van der Waals surface area (Å²) in [5.74, 6) is 0.329. The molecule has 7 nitrogen and oxygen atoms in total. The van der Waals surface area contributed by atoms with Crippen molar-refractivity contribution >= 4 is 51.6 Å². The Bertz CT molecular complexity index is 1030.